The fraction of sp³-hybridized carbons (Fsp3) is 0.323. The number of nitrogens with one attached hydrogen (secondary N) is 1. The smallest absolute Gasteiger partial charge is 0.359 e. The standard InChI is InChI=1S/C31H35N3O3Si/c1-21-15-16-24(36-21)19-27-30(35)34-20-28(32-26(29(34)33-27)17-22-11-8-7-9-12-22)23-13-10-14-25(18-23)37-38(5,6)31(2,3)4/h7-16,18,20,27H,17,19H2,1-6H3/p+1. The normalized spacial score (nSPS) is 15.3. The van der Waals surface area contributed by atoms with Gasteiger partial charge in [0.25, 0.3) is 0 Å². The Bertz CT molecular complexity index is 1470. The minimum absolute atomic E-state index is 0.0132. The predicted octanol–water partition coefficient (Wildman–Crippen LogP) is 6.59. The first-order valence-corrected chi connectivity index (χ1v) is 16.1. The molecule has 1 N–H and O–H groups in total. The van der Waals surface area contributed by atoms with Gasteiger partial charge in [-0.15, -0.1) is 0 Å². The average molecular weight is 527 g/mol. The molecule has 0 bridgehead atoms. The van der Waals surface area contributed by atoms with Crippen molar-refractivity contribution in [2.75, 3.05) is 5.32 Å². The zero-order chi connectivity index (χ0) is 27.1. The number of carbonyl (C=O) groups excluding carboxylic acids is 1. The van der Waals surface area contributed by atoms with E-state index >= 15 is 0 Å². The second-order valence-electron chi connectivity index (χ2n) is 11.6. The number of anilines is 1. The van der Waals surface area contributed by atoms with Crippen LogP contribution in [0.25, 0.3) is 11.3 Å². The van der Waals surface area contributed by atoms with Crippen molar-refractivity contribution in [3.8, 4) is 17.0 Å². The number of carbonyl (C=O) groups is 1. The van der Waals surface area contributed by atoms with E-state index in [1.54, 1.807) is 4.57 Å². The second-order valence-corrected chi connectivity index (χ2v) is 16.3. The van der Waals surface area contributed by atoms with Crippen LogP contribution in [-0.2, 0) is 12.8 Å². The summed E-state index contributed by atoms with van der Waals surface area (Å²) >= 11 is 0. The molecule has 0 spiro atoms. The lowest BCUT2D eigenvalue weighted by atomic mass is 10.1. The molecule has 0 fully saturated rings. The third-order valence-corrected chi connectivity index (χ3v) is 12.0. The van der Waals surface area contributed by atoms with E-state index < -0.39 is 14.4 Å². The molecule has 3 heterocycles. The van der Waals surface area contributed by atoms with Crippen LogP contribution < -0.4 is 14.3 Å². The van der Waals surface area contributed by atoms with E-state index in [-0.39, 0.29) is 10.9 Å². The maximum atomic E-state index is 13.6. The molecule has 0 saturated heterocycles. The van der Waals surface area contributed by atoms with E-state index in [0.29, 0.717) is 12.8 Å². The molecule has 6 nitrogen and oxygen atoms in total. The second kappa shape index (κ2) is 9.87. The van der Waals surface area contributed by atoms with Gasteiger partial charge < -0.3 is 8.84 Å². The summed E-state index contributed by atoms with van der Waals surface area (Å²) in [7, 11) is -2.00. The molecular formula is C31H36N3O3Si+. The van der Waals surface area contributed by atoms with E-state index in [9.17, 15) is 4.79 Å². The molecule has 1 unspecified atom stereocenters. The number of aryl methyl sites for hydroxylation is 1. The molecule has 4 aromatic rings. The molecule has 1 aliphatic heterocycles. The van der Waals surface area contributed by atoms with Gasteiger partial charge in [-0.1, -0.05) is 63.2 Å². The van der Waals surface area contributed by atoms with Crippen molar-refractivity contribution in [1.29, 1.82) is 0 Å². The Morgan fingerprint density at radius 3 is 2.50 bits per heavy atom. The Morgan fingerprint density at radius 2 is 1.82 bits per heavy atom. The third-order valence-electron chi connectivity index (χ3n) is 7.59. The molecule has 5 rings (SSSR count). The highest BCUT2D eigenvalue weighted by atomic mass is 28.4. The number of hydrogen-bond donors (Lipinski definition) is 1. The van der Waals surface area contributed by atoms with Gasteiger partial charge >= 0.3 is 11.7 Å². The number of hydrogen-bond acceptors (Lipinski definition) is 5. The minimum Gasteiger partial charge on any atom is -0.543 e. The van der Waals surface area contributed by atoms with Gasteiger partial charge in [-0.25, -0.2) is 9.78 Å². The van der Waals surface area contributed by atoms with Crippen LogP contribution in [-0.4, -0.2) is 25.3 Å². The number of fused-ring (bicyclic) bond motifs is 1. The summed E-state index contributed by atoms with van der Waals surface area (Å²) in [6, 6.07) is 21.7. The van der Waals surface area contributed by atoms with Crippen molar-refractivity contribution in [3.63, 3.8) is 0 Å². The van der Waals surface area contributed by atoms with Crippen molar-refractivity contribution in [2.24, 2.45) is 0 Å². The van der Waals surface area contributed by atoms with E-state index in [1.807, 2.05) is 67.7 Å². The maximum absolute atomic E-state index is 13.6. The molecular weight excluding hydrogens is 490 g/mol. The summed E-state index contributed by atoms with van der Waals surface area (Å²) in [5.74, 6) is 3.19. The molecule has 0 radical (unpaired) electrons. The van der Waals surface area contributed by atoms with Crippen LogP contribution in [0.4, 0.5) is 5.82 Å². The van der Waals surface area contributed by atoms with Gasteiger partial charge in [-0.05, 0) is 54.9 Å². The Labute approximate surface area is 225 Å². The van der Waals surface area contributed by atoms with Crippen LogP contribution in [0.3, 0.4) is 0 Å². The minimum atomic E-state index is -2.00. The highest BCUT2D eigenvalue weighted by molar-refractivity contribution is 6.74. The molecule has 2 aromatic heterocycles. The van der Waals surface area contributed by atoms with E-state index in [2.05, 4.69) is 51.3 Å². The van der Waals surface area contributed by atoms with Gasteiger partial charge in [0.15, 0.2) is 0 Å². The Morgan fingerprint density at radius 1 is 1.05 bits per heavy atom. The summed E-state index contributed by atoms with van der Waals surface area (Å²) in [5, 5.41) is 3.53. The van der Waals surface area contributed by atoms with Crippen molar-refractivity contribution in [3.05, 3.63) is 95.7 Å². The highest BCUT2D eigenvalue weighted by Crippen LogP contribution is 2.38. The lowest BCUT2D eigenvalue weighted by Gasteiger charge is -2.36. The van der Waals surface area contributed by atoms with Gasteiger partial charge in [0.1, 0.15) is 34.9 Å². The molecule has 1 aliphatic rings. The molecule has 0 saturated carbocycles. The molecule has 1 atom stereocenters. The number of nitrogens with zero attached hydrogens (tertiary/aromatic N) is 2. The topological polar surface area (TPSA) is 68.2 Å². The lowest BCUT2D eigenvalue weighted by molar-refractivity contribution is -0.552. The van der Waals surface area contributed by atoms with Crippen LogP contribution in [0.5, 0.6) is 5.75 Å². The predicted molar refractivity (Wildman–Crippen MR) is 152 cm³/mol. The van der Waals surface area contributed by atoms with E-state index in [0.717, 1.165) is 45.6 Å². The lowest BCUT2D eigenvalue weighted by Crippen LogP contribution is -2.44. The summed E-state index contributed by atoms with van der Waals surface area (Å²) in [4.78, 5) is 18.6. The monoisotopic (exact) mass is 526 g/mol. The molecule has 0 aliphatic carbocycles. The Hall–Kier alpha value is -3.71. The first-order valence-electron chi connectivity index (χ1n) is 13.2. The zero-order valence-corrected chi connectivity index (χ0v) is 24.0. The van der Waals surface area contributed by atoms with Crippen molar-refractivity contribution < 1.29 is 18.2 Å². The fourth-order valence-corrected chi connectivity index (χ4v) is 5.45. The van der Waals surface area contributed by atoms with Crippen molar-refractivity contribution in [1.82, 2.24) is 4.98 Å². The third kappa shape index (κ3) is 5.29. The van der Waals surface area contributed by atoms with Crippen LogP contribution in [0.2, 0.25) is 18.1 Å². The van der Waals surface area contributed by atoms with Gasteiger partial charge in [0.05, 0.1) is 6.42 Å². The van der Waals surface area contributed by atoms with Crippen molar-refractivity contribution >= 4 is 20.0 Å². The Kier molecular flexibility index (Phi) is 6.73. The summed E-state index contributed by atoms with van der Waals surface area (Å²) in [5.41, 5.74) is 3.62. The number of rotatable bonds is 7. The van der Waals surface area contributed by atoms with E-state index in [1.165, 1.54) is 0 Å². The first-order chi connectivity index (χ1) is 18.0. The molecule has 196 valence electrons. The van der Waals surface area contributed by atoms with Gasteiger partial charge in [-0.3, -0.25) is 5.32 Å². The largest absolute Gasteiger partial charge is 0.543 e. The number of aromatic nitrogens is 2. The van der Waals surface area contributed by atoms with Crippen LogP contribution in [0.1, 0.15) is 48.3 Å². The molecule has 38 heavy (non-hydrogen) atoms. The molecule has 0 amide bonds. The summed E-state index contributed by atoms with van der Waals surface area (Å²) < 4.78 is 14.1. The van der Waals surface area contributed by atoms with Crippen LogP contribution in [0, 0.1) is 6.92 Å². The van der Waals surface area contributed by atoms with Crippen molar-refractivity contribution in [2.45, 2.75) is 64.7 Å². The highest BCUT2D eigenvalue weighted by Gasteiger charge is 2.42. The van der Waals surface area contributed by atoms with E-state index in [4.69, 9.17) is 13.8 Å². The summed E-state index contributed by atoms with van der Waals surface area (Å²) in [6.45, 7) is 13.1. The fourth-order valence-electron chi connectivity index (χ4n) is 4.43. The summed E-state index contributed by atoms with van der Waals surface area (Å²) in [6.07, 6.45) is 2.93. The van der Waals surface area contributed by atoms with Gasteiger partial charge in [0.2, 0.25) is 14.4 Å². The number of furan rings is 1. The SMILES string of the molecule is Cc1ccc(CC2Nc3c(Cc4ccccc4)nc(-c4cccc(O[Si](C)(C)C(C)(C)C)c4)c[n+]3C2=O)o1. The van der Waals surface area contributed by atoms with Crippen LogP contribution in [0.15, 0.2) is 77.3 Å². The van der Waals surface area contributed by atoms with Crippen LogP contribution >= 0.6 is 0 Å². The maximum Gasteiger partial charge on any atom is 0.359 e. The molecule has 7 heteroatoms. The van der Waals surface area contributed by atoms with Gasteiger partial charge in [-0.2, -0.15) is 4.57 Å². The first kappa shape index (κ1) is 25.9. The Balaban J connectivity index is 1.52. The van der Waals surface area contributed by atoms with Gasteiger partial charge in [0, 0.05) is 12.0 Å². The number of benzene rings is 2. The molecule has 2 aromatic carbocycles. The zero-order valence-electron chi connectivity index (χ0n) is 23.0. The average Bonchev–Trinajstić information content (AvgIpc) is 3.41. The quantitative estimate of drug-likeness (QED) is 0.217.